The average Bonchev–Trinajstić information content (AvgIpc) is 2.73. The van der Waals surface area contributed by atoms with Crippen molar-refractivity contribution in [2.45, 2.75) is 123 Å². The van der Waals surface area contributed by atoms with E-state index in [9.17, 15) is 14.4 Å². The van der Waals surface area contributed by atoms with Crippen LogP contribution in [0, 0.1) is 0 Å². The molecular weight excluding hydrogens is 380 g/mol. The van der Waals surface area contributed by atoms with Crippen molar-refractivity contribution in [2.24, 2.45) is 0 Å². The van der Waals surface area contributed by atoms with Crippen LogP contribution in [0.3, 0.4) is 0 Å². The Bertz CT molecular complexity index is 509. The molecule has 0 aromatic carbocycles. The molecule has 1 fully saturated rings. The van der Waals surface area contributed by atoms with Gasteiger partial charge in [0.15, 0.2) is 0 Å². The van der Waals surface area contributed by atoms with Crippen LogP contribution < -0.4 is 5.32 Å². The van der Waals surface area contributed by atoms with Crippen molar-refractivity contribution in [1.82, 2.24) is 10.2 Å². The number of unbranched alkanes of at least 4 members (excludes halogenated alkanes) is 10. The van der Waals surface area contributed by atoms with Crippen LogP contribution >= 0.6 is 0 Å². The van der Waals surface area contributed by atoms with Gasteiger partial charge in [0, 0.05) is 19.5 Å². The number of carbonyl (C=O) groups excluding carboxylic acids is 3. The number of rotatable bonds is 16. The van der Waals surface area contributed by atoms with E-state index < -0.39 is 12.0 Å². The summed E-state index contributed by atoms with van der Waals surface area (Å²) in [6.45, 7) is 6.92. The monoisotopic (exact) mass is 424 g/mol. The summed E-state index contributed by atoms with van der Waals surface area (Å²) in [5, 5.41) is 2.76. The summed E-state index contributed by atoms with van der Waals surface area (Å²) >= 11 is 0. The van der Waals surface area contributed by atoms with E-state index in [4.69, 9.17) is 4.74 Å². The van der Waals surface area contributed by atoms with E-state index in [1.54, 1.807) is 4.90 Å². The lowest BCUT2D eigenvalue weighted by Gasteiger charge is -2.34. The van der Waals surface area contributed by atoms with Crippen molar-refractivity contribution >= 4 is 17.8 Å². The lowest BCUT2D eigenvalue weighted by Crippen LogP contribution is -2.57. The summed E-state index contributed by atoms with van der Waals surface area (Å²) in [4.78, 5) is 38.6. The summed E-state index contributed by atoms with van der Waals surface area (Å²) in [5.41, 5.74) is 0. The zero-order chi connectivity index (χ0) is 22.2. The smallest absolute Gasteiger partial charge is 0.308 e. The van der Waals surface area contributed by atoms with Crippen molar-refractivity contribution in [3.05, 3.63) is 0 Å². The van der Waals surface area contributed by atoms with Crippen molar-refractivity contribution in [1.29, 1.82) is 0 Å². The van der Waals surface area contributed by atoms with Gasteiger partial charge >= 0.3 is 5.97 Å². The third-order valence-corrected chi connectivity index (χ3v) is 5.91. The Labute approximate surface area is 183 Å². The van der Waals surface area contributed by atoms with Gasteiger partial charge in [-0.05, 0) is 19.8 Å². The fourth-order valence-corrected chi connectivity index (χ4v) is 3.81. The summed E-state index contributed by atoms with van der Waals surface area (Å²) in [6, 6.07) is -0.740. The molecule has 2 unspecified atom stereocenters. The summed E-state index contributed by atoms with van der Waals surface area (Å²) in [6.07, 6.45) is 14.5. The molecular formula is C24H44N2O4. The summed E-state index contributed by atoms with van der Waals surface area (Å²) in [5.74, 6) is -0.698. The molecule has 2 atom stereocenters. The van der Waals surface area contributed by atoms with Crippen LogP contribution in [0.15, 0.2) is 0 Å². The van der Waals surface area contributed by atoms with Gasteiger partial charge < -0.3 is 15.0 Å². The minimum atomic E-state index is -0.740. The van der Waals surface area contributed by atoms with E-state index >= 15 is 0 Å². The fraction of sp³-hybridized carbons (Fsp3) is 0.875. The Balaban J connectivity index is 2.25. The largest absolute Gasteiger partial charge is 0.463 e. The van der Waals surface area contributed by atoms with Crippen LogP contribution in [-0.2, 0) is 19.1 Å². The number of nitrogens with zero attached hydrogens (tertiary/aromatic N) is 1. The third-order valence-electron chi connectivity index (χ3n) is 5.91. The highest BCUT2D eigenvalue weighted by molar-refractivity contribution is 5.91. The SMILES string of the molecule is CCCCCCCCCCCCCC(=O)N1CCNC(=O)C1CC(=O)OC(C)CC. The Hall–Kier alpha value is -1.59. The van der Waals surface area contributed by atoms with Crippen molar-refractivity contribution < 1.29 is 19.1 Å². The number of ether oxygens (including phenoxy) is 1. The average molecular weight is 425 g/mol. The highest BCUT2D eigenvalue weighted by atomic mass is 16.5. The molecule has 0 spiro atoms. The summed E-state index contributed by atoms with van der Waals surface area (Å²) in [7, 11) is 0. The first-order valence-corrected chi connectivity index (χ1v) is 12.3. The zero-order valence-electron chi connectivity index (χ0n) is 19.5. The van der Waals surface area contributed by atoms with Crippen LogP contribution in [0.1, 0.15) is 111 Å². The second kappa shape index (κ2) is 16.1. The van der Waals surface area contributed by atoms with Crippen molar-refractivity contribution in [2.75, 3.05) is 13.1 Å². The predicted molar refractivity (Wildman–Crippen MR) is 120 cm³/mol. The molecule has 1 rings (SSSR count). The van der Waals surface area contributed by atoms with E-state index in [2.05, 4.69) is 12.2 Å². The molecule has 1 saturated heterocycles. The molecule has 0 saturated carbocycles. The van der Waals surface area contributed by atoms with E-state index in [-0.39, 0.29) is 24.3 Å². The first kappa shape index (κ1) is 26.4. The van der Waals surface area contributed by atoms with Gasteiger partial charge in [-0.3, -0.25) is 14.4 Å². The maximum Gasteiger partial charge on any atom is 0.308 e. The molecule has 0 radical (unpaired) electrons. The van der Waals surface area contributed by atoms with Gasteiger partial charge in [-0.15, -0.1) is 0 Å². The molecule has 0 aliphatic carbocycles. The first-order valence-electron chi connectivity index (χ1n) is 12.3. The van der Waals surface area contributed by atoms with E-state index in [1.165, 1.54) is 51.4 Å². The molecule has 1 heterocycles. The summed E-state index contributed by atoms with van der Waals surface area (Å²) < 4.78 is 5.29. The van der Waals surface area contributed by atoms with Gasteiger partial charge in [0.25, 0.3) is 0 Å². The van der Waals surface area contributed by atoms with E-state index in [1.807, 2.05) is 13.8 Å². The molecule has 1 aliphatic heterocycles. The van der Waals surface area contributed by atoms with Crippen LogP contribution in [0.5, 0.6) is 0 Å². The topological polar surface area (TPSA) is 75.7 Å². The van der Waals surface area contributed by atoms with Gasteiger partial charge in [0.2, 0.25) is 11.8 Å². The van der Waals surface area contributed by atoms with E-state index in [0.717, 1.165) is 25.7 Å². The number of nitrogens with one attached hydrogen (secondary N) is 1. The third kappa shape index (κ3) is 11.0. The molecule has 1 aliphatic rings. The Morgan fingerprint density at radius 2 is 1.57 bits per heavy atom. The number of hydrogen-bond acceptors (Lipinski definition) is 4. The second-order valence-electron chi connectivity index (χ2n) is 8.59. The Morgan fingerprint density at radius 3 is 2.13 bits per heavy atom. The lowest BCUT2D eigenvalue weighted by molar-refractivity contribution is -0.154. The molecule has 30 heavy (non-hydrogen) atoms. The number of hydrogen-bond donors (Lipinski definition) is 1. The number of esters is 1. The number of carbonyl (C=O) groups is 3. The van der Waals surface area contributed by atoms with Gasteiger partial charge in [-0.2, -0.15) is 0 Å². The zero-order valence-corrected chi connectivity index (χ0v) is 19.5. The second-order valence-corrected chi connectivity index (χ2v) is 8.59. The Kier molecular flexibility index (Phi) is 14.2. The van der Waals surface area contributed by atoms with Crippen LogP contribution in [0.2, 0.25) is 0 Å². The molecule has 2 amide bonds. The highest BCUT2D eigenvalue weighted by Gasteiger charge is 2.35. The van der Waals surface area contributed by atoms with Crippen molar-refractivity contribution in [3.63, 3.8) is 0 Å². The van der Waals surface area contributed by atoms with Crippen molar-refractivity contribution in [3.8, 4) is 0 Å². The minimum absolute atomic E-state index is 0.0258. The highest BCUT2D eigenvalue weighted by Crippen LogP contribution is 2.16. The molecule has 1 N–H and O–H groups in total. The van der Waals surface area contributed by atoms with Crippen LogP contribution in [-0.4, -0.2) is 47.9 Å². The number of amides is 2. The fourth-order valence-electron chi connectivity index (χ4n) is 3.81. The van der Waals surface area contributed by atoms with Gasteiger partial charge in [-0.1, -0.05) is 78.1 Å². The predicted octanol–water partition coefficient (Wildman–Crippen LogP) is 4.75. The van der Waals surface area contributed by atoms with Gasteiger partial charge in [0.05, 0.1) is 12.5 Å². The normalized spacial score (nSPS) is 17.5. The number of piperazine rings is 1. The molecule has 0 aromatic heterocycles. The first-order chi connectivity index (χ1) is 14.5. The maximum absolute atomic E-state index is 12.7. The molecule has 174 valence electrons. The van der Waals surface area contributed by atoms with E-state index in [0.29, 0.717) is 19.5 Å². The molecule has 6 nitrogen and oxygen atoms in total. The molecule has 0 bridgehead atoms. The van der Waals surface area contributed by atoms with Gasteiger partial charge in [0.1, 0.15) is 6.04 Å². The quantitative estimate of drug-likeness (QED) is 0.287. The van der Waals surface area contributed by atoms with Gasteiger partial charge in [-0.25, -0.2) is 0 Å². The maximum atomic E-state index is 12.7. The molecule has 0 aromatic rings. The van der Waals surface area contributed by atoms with Crippen LogP contribution in [0.25, 0.3) is 0 Å². The lowest BCUT2D eigenvalue weighted by atomic mass is 10.0. The van der Waals surface area contributed by atoms with Crippen LogP contribution in [0.4, 0.5) is 0 Å². The standard InChI is InChI=1S/C24H44N2O4/c1-4-6-7-8-9-10-11-12-13-14-15-16-22(27)26-18-17-25-24(29)21(26)19-23(28)30-20(3)5-2/h20-21H,4-19H2,1-3H3,(H,25,29). The minimum Gasteiger partial charge on any atom is -0.463 e. The molecule has 6 heteroatoms. The Morgan fingerprint density at radius 1 is 1.00 bits per heavy atom.